The van der Waals surface area contributed by atoms with Crippen molar-refractivity contribution in [2.75, 3.05) is 26.7 Å². The van der Waals surface area contributed by atoms with E-state index in [9.17, 15) is 4.79 Å². The van der Waals surface area contributed by atoms with Gasteiger partial charge < -0.3 is 9.64 Å². The number of hydrogen-bond acceptors (Lipinski definition) is 3. The van der Waals surface area contributed by atoms with Gasteiger partial charge in [-0.25, -0.2) is 0 Å². The van der Waals surface area contributed by atoms with E-state index in [0.29, 0.717) is 17.8 Å². The molecule has 1 heterocycles. The number of carbonyl (C=O) groups is 1. The Balaban J connectivity index is 1.81. The van der Waals surface area contributed by atoms with Crippen molar-refractivity contribution in [1.82, 2.24) is 4.90 Å². The summed E-state index contributed by atoms with van der Waals surface area (Å²) in [6.07, 6.45) is 7.02. The lowest BCUT2D eigenvalue weighted by Gasteiger charge is -2.34. The smallest absolute Gasteiger partial charge is 0.137 e. The van der Waals surface area contributed by atoms with Crippen molar-refractivity contribution in [3.05, 3.63) is 0 Å². The molecule has 0 aromatic heterocycles. The number of ether oxygens (including phenoxy) is 1. The first kappa shape index (κ1) is 12.1. The number of methoxy groups -OCH3 is 1. The molecule has 0 radical (unpaired) electrons. The molecule has 1 aliphatic carbocycles. The third kappa shape index (κ3) is 3.05. The molecule has 16 heavy (non-hydrogen) atoms. The quantitative estimate of drug-likeness (QED) is 0.734. The maximum atomic E-state index is 11.8. The molecule has 0 spiro atoms. The van der Waals surface area contributed by atoms with Crippen LogP contribution >= 0.6 is 0 Å². The van der Waals surface area contributed by atoms with Gasteiger partial charge in [-0.05, 0) is 32.2 Å². The molecule has 0 aromatic rings. The molecule has 1 saturated heterocycles. The van der Waals surface area contributed by atoms with Gasteiger partial charge >= 0.3 is 0 Å². The van der Waals surface area contributed by atoms with Gasteiger partial charge in [0.1, 0.15) is 5.78 Å². The number of hydrogen-bond donors (Lipinski definition) is 0. The van der Waals surface area contributed by atoms with E-state index in [1.165, 1.54) is 19.3 Å². The fourth-order valence-electron chi connectivity index (χ4n) is 2.93. The van der Waals surface area contributed by atoms with Gasteiger partial charge in [0.2, 0.25) is 0 Å². The van der Waals surface area contributed by atoms with Crippen LogP contribution in [0.5, 0.6) is 0 Å². The lowest BCUT2D eigenvalue weighted by atomic mass is 9.87. The minimum atomic E-state index is 0.310. The number of Topliss-reactive ketones (excluding diaryl/α,β-unsaturated/α-hetero) is 1. The molecular weight excluding hydrogens is 202 g/mol. The van der Waals surface area contributed by atoms with E-state index in [2.05, 4.69) is 4.90 Å². The summed E-state index contributed by atoms with van der Waals surface area (Å²) < 4.78 is 5.41. The number of nitrogens with zero attached hydrogens (tertiary/aromatic N) is 1. The van der Waals surface area contributed by atoms with Crippen LogP contribution in [0.3, 0.4) is 0 Å². The Kier molecular flexibility index (Phi) is 4.36. The van der Waals surface area contributed by atoms with E-state index in [0.717, 1.165) is 38.9 Å². The van der Waals surface area contributed by atoms with Crippen LogP contribution in [0.15, 0.2) is 0 Å². The Morgan fingerprint density at radius 2 is 2.19 bits per heavy atom. The summed E-state index contributed by atoms with van der Waals surface area (Å²) >= 11 is 0. The molecule has 92 valence electrons. The number of piperidine rings is 1. The van der Waals surface area contributed by atoms with Gasteiger partial charge in [-0.15, -0.1) is 0 Å². The summed E-state index contributed by atoms with van der Waals surface area (Å²) in [6, 6.07) is 0. The first-order valence-electron chi connectivity index (χ1n) is 6.57. The zero-order valence-electron chi connectivity index (χ0n) is 10.3. The first-order valence-corrected chi connectivity index (χ1v) is 6.57. The standard InChI is InChI=1S/C13H23NO2/c1-16-12-6-4-8-14(10-12)9-11-5-2-3-7-13(11)15/h11-12H,2-10H2,1H3. The average molecular weight is 225 g/mol. The summed E-state index contributed by atoms with van der Waals surface area (Å²) in [7, 11) is 1.79. The third-order valence-corrected chi connectivity index (χ3v) is 3.96. The zero-order valence-corrected chi connectivity index (χ0v) is 10.3. The van der Waals surface area contributed by atoms with Gasteiger partial charge in [0.15, 0.2) is 0 Å². The van der Waals surface area contributed by atoms with Crippen molar-refractivity contribution < 1.29 is 9.53 Å². The largest absolute Gasteiger partial charge is 0.380 e. The highest BCUT2D eigenvalue weighted by Crippen LogP contribution is 2.23. The summed E-state index contributed by atoms with van der Waals surface area (Å²) in [5.41, 5.74) is 0. The van der Waals surface area contributed by atoms with Crippen LogP contribution in [-0.4, -0.2) is 43.5 Å². The van der Waals surface area contributed by atoms with Gasteiger partial charge in [0.05, 0.1) is 6.10 Å². The molecule has 2 atom stereocenters. The van der Waals surface area contributed by atoms with Gasteiger partial charge in [-0.2, -0.15) is 0 Å². The Labute approximate surface area is 98.1 Å². The predicted octanol–water partition coefficient (Wildman–Crippen LogP) is 1.86. The van der Waals surface area contributed by atoms with Crippen LogP contribution in [-0.2, 0) is 9.53 Å². The van der Waals surface area contributed by atoms with E-state index in [4.69, 9.17) is 4.74 Å². The van der Waals surface area contributed by atoms with Crippen molar-refractivity contribution in [1.29, 1.82) is 0 Å². The Hall–Kier alpha value is -0.410. The van der Waals surface area contributed by atoms with Gasteiger partial charge in [-0.3, -0.25) is 4.79 Å². The van der Waals surface area contributed by atoms with Gasteiger partial charge in [-0.1, -0.05) is 6.42 Å². The summed E-state index contributed by atoms with van der Waals surface area (Å²) in [6.45, 7) is 3.13. The lowest BCUT2D eigenvalue weighted by molar-refractivity contribution is -0.125. The molecule has 0 aromatic carbocycles. The fraction of sp³-hybridized carbons (Fsp3) is 0.923. The molecule has 1 saturated carbocycles. The molecule has 3 heteroatoms. The number of likely N-dealkylation sites (tertiary alicyclic amines) is 1. The summed E-state index contributed by atoms with van der Waals surface area (Å²) in [4.78, 5) is 14.2. The molecule has 0 amide bonds. The molecule has 2 rings (SSSR count). The number of carbonyl (C=O) groups excluding carboxylic acids is 1. The monoisotopic (exact) mass is 225 g/mol. The molecule has 2 unspecified atom stereocenters. The van der Waals surface area contributed by atoms with Crippen LogP contribution < -0.4 is 0 Å². The van der Waals surface area contributed by atoms with E-state index < -0.39 is 0 Å². The number of rotatable bonds is 3. The lowest BCUT2D eigenvalue weighted by Crippen LogP contribution is -2.43. The molecule has 1 aliphatic heterocycles. The SMILES string of the molecule is COC1CCCN(CC2CCCCC2=O)C1. The Bertz CT molecular complexity index is 242. The van der Waals surface area contributed by atoms with E-state index in [-0.39, 0.29) is 0 Å². The predicted molar refractivity (Wildman–Crippen MR) is 63.4 cm³/mol. The van der Waals surface area contributed by atoms with Crippen molar-refractivity contribution in [2.24, 2.45) is 5.92 Å². The number of ketones is 1. The molecule has 0 N–H and O–H groups in total. The fourth-order valence-corrected chi connectivity index (χ4v) is 2.93. The highest BCUT2D eigenvalue weighted by molar-refractivity contribution is 5.81. The van der Waals surface area contributed by atoms with Crippen molar-refractivity contribution in [3.63, 3.8) is 0 Å². The Morgan fingerprint density at radius 3 is 2.94 bits per heavy atom. The molecule has 2 aliphatic rings. The van der Waals surface area contributed by atoms with Gasteiger partial charge in [0, 0.05) is 32.5 Å². The molecule has 2 fully saturated rings. The first-order chi connectivity index (χ1) is 7.79. The maximum Gasteiger partial charge on any atom is 0.137 e. The third-order valence-electron chi connectivity index (χ3n) is 3.96. The summed E-state index contributed by atoms with van der Waals surface area (Å²) in [5.74, 6) is 0.801. The second-order valence-electron chi connectivity index (χ2n) is 5.17. The molecular formula is C13H23NO2. The maximum absolute atomic E-state index is 11.8. The van der Waals surface area contributed by atoms with Crippen molar-refractivity contribution >= 4 is 5.78 Å². The topological polar surface area (TPSA) is 29.5 Å². The molecule has 0 bridgehead atoms. The second kappa shape index (κ2) is 5.78. The minimum absolute atomic E-state index is 0.310. The van der Waals surface area contributed by atoms with Crippen LogP contribution in [0.1, 0.15) is 38.5 Å². The van der Waals surface area contributed by atoms with E-state index in [1.807, 2.05) is 0 Å². The van der Waals surface area contributed by atoms with Gasteiger partial charge in [0.25, 0.3) is 0 Å². The van der Waals surface area contributed by atoms with E-state index in [1.54, 1.807) is 7.11 Å². The normalized spacial score (nSPS) is 32.9. The zero-order chi connectivity index (χ0) is 11.4. The molecule has 3 nitrogen and oxygen atoms in total. The Morgan fingerprint density at radius 1 is 1.31 bits per heavy atom. The van der Waals surface area contributed by atoms with Crippen molar-refractivity contribution in [3.8, 4) is 0 Å². The van der Waals surface area contributed by atoms with Crippen LogP contribution in [0, 0.1) is 5.92 Å². The highest BCUT2D eigenvalue weighted by Gasteiger charge is 2.27. The van der Waals surface area contributed by atoms with E-state index >= 15 is 0 Å². The summed E-state index contributed by atoms with van der Waals surface area (Å²) in [5, 5.41) is 0. The van der Waals surface area contributed by atoms with Crippen LogP contribution in [0.4, 0.5) is 0 Å². The van der Waals surface area contributed by atoms with Crippen LogP contribution in [0.2, 0.25) is 0 Å². The highest BCUT2D eigenvalue weighted by atomic mass is 16.5. The van der Waals surface area contributed by atoms with Crippen molar-refractivity contribution in [2.45, 2.75) is 44.6 Å². The second-order valence-corrected chi connectivity index (χ2v) is 5.17. The average Bonchev–Trinajstić information content (AvgIpc) is 2.32. The minimum Gasteiger partial charge on any atom is -0.380 e. The van der Waals surface area contributed by atoms with Crippen LogP contribution in [0.25, 0.3) is 0 Å².